The Hall–Kier alpha value is -2.29. The van der Waals surface area contributed by atoms with E-state index in [1.54, 1.807) is 12.1 Å². The Labute approximate surface area is 109 Å². The van der Waals surface area contributed by atoms with Gasteiger partial charge in [-0.05, 0) is 11.5 Å². The number of nitrogens with zero attached hydrogens (tertiary/aromatic N) is 1. The summed E-state index contributed by atoms with van der Waals surface area (Å²) >= 11 is 0. The lowest BCUT2D eigenvalue weighted by atomic mass is 10.1. The van der Waals surface area contributed by atoms with Crippen molar-refractivity contribution in [1.82, 2.24) is 4.98 Å². The molecule has 0 saturated heterocycles. The number of fused-ring (bicyclic) bond motifs is 1. The molecule has 3 aromatic rings. The van der Waals surface area contributed by atoms with Crippen LogP contribution in [-0.2, 0) is 0 Å². The molecule has 1 nitrogen and oxygen atoms in total. The van der Waals surface area contributed by atoms with Gasteiger partial charge >= 0.3 is 0 Å². The molecule has 0 saturated carbocycles. The Kier molecular flexibility index (Phi) is 2.95. The van der Waals surface area contributed by atoms with Gasteiger partial charge in [0.05, 0.1) is 5.69 Å². The van der Waals surface area contributed by atoms with Crippen LogP contribution in [0.2, 0.25) is 0 Å². The summed E-state index contributed by atoms with van der Waals surface area (Å²) in [5.74, 6) is 0. The molecular formula is C16H11F2N. The van der Waals surface area contributed by atoms with Crippen molar-refractivity contribution in [3.8, 4) is 11.3 Å². The van der Waals surface area contributed by atoms with Crippen molar-refractivity contribution in [2.45, 2.75) is 6.43 Å². The summed E-state index contributed by atoms with van der Waals surface area (Å²) < 4.78 is 26.3. The average Bonchev–Trinajstić information content (AvgIpc) is 2.47. The maximum Gasteiger partial charge on any atom is 0.280 e. The van der Waals surface area contributed by atoms with Crippen LogP contribution in [0.15, 0.2) is 60.7 Å². The van der Waals surface area contributed by atoms with E-state index >= 15 is 0 Å². The molecule has 0 unspecified atom stereocenters. The number of aromatic nitrogens is 1. The summed E-state index contributed by atoms with van der Waals surface area (Å²) in [4.78, 5) is 4.12. The van der Waals surface area contributed by atoms with Gasteiger partial charge in [0.15, 0.2) is 0 Å². The number of rotatable bonds is 2. The maximum absolute atomic E-state index is 13.1. The molecule has 3 rings (SSSR count). The fourth-order valence-corrected chi connectivity index (χ4v) is 2.15. The lowest BCUT2D eigenvalue weighted by molar-refractivity contribution is 0.148. The van der Waals surface area contributed by atoms with Gasteiger partial charge in [-0.3, -0.25) is 0 Å². The molecule has 2 aromatic carbocycles. The van der Waals surface area contributed by atoms with Crippen molar-refractivity contribution < 1.29 is 8.78 Å². The molecule has 0 fully saturated rings. The smallest absolute Gasteiger partial charge is 0.246 e. The highest BCUT2D eigenvalue weighted by Crippen LogP contribution is 2.30. The van der Waals surface area contributed by atoms with E-state index in [1.807, 2.05) is 48.5 Å². The average molecular weight is 255 g/mol. The molecular weight excluding hydrogens is 244 g/mol. The van der Waals surface area contributed by atoms with E-state index in [9.17, 15) is 8.78 Å². The van der Waals surface area contributed by atoms with Gasteiger partial charge in [-0.1, -0.05) is 54.6 Å². The topological polar surface area (TPSA) is 12.9 Å². The molecule has 1 heterocycles. The lowest BCUT2D eigenvalue weighted by Crippen LogP contribution is -1.95. The quantitative estimate of drug-likeness (QED) is 0.638. The fourth-order valence-electron chi connectivity index (χ4n) is 2.15. The molecule has 0 amide bonds. The summed E-state index contributed by atoms with van der Waals surface area (Å²) in [5, 5.41) is 1.30. The van der Waals surface area contributed by atoms with Gasteiger partial charge in [0, 0.05) is 10.9 Å². The van der Waals surface area contributed by atoms with Crippen molar-refractivity contribution in [3.05, 3.63) is 66.4 Å². The van der Waals surface area contributed by atoms with Crippen LogP contribution in [-0.4, -0.2) is 4.98 Å². The Morgan fingerprint density at radius 2 is 1.53 bits per heavy atom. The Bertz CT molecular complexity index is 708. The van der Waals surface area contributed by atoms with Gasteiger partial charge in [0.25, 0.3) is 6.43 Å². The summed E-state index contributed by atoms with van der Waals surface area (Å²) in [6.45, 7) is 0. The predicted molar refractivity (Wildman–Crippen MR) is 72.1 cm³/mol. The summed E-state index contributed by atoms with van der Waals surface area (Å²) in [6.07, 6.45) is -2.58. The highest BCUT2D eigenvalue weighted by atomic mass is 19.3. The van der Waals surface area contributed by atoms with E-state index in [0.29, 0.717) is 11.1 Å². The van der Waals surface area contributed by atoms with Gasteiger partial charge in [-0.25, -0.2) is 13.8 Å². The Balaban J connectivity index is 2.28. The second-order valence-corrected chi connectivity index (χ2v) is 4.28. The third-order valence-corrected chi connectivity index (χ3v) is 3.05. The number of benzene rings is 2. The molecule has 0 aliphatic rings. The standard InChI is InChI=1S/C16H11F2N/c17-16(18)15-13-9-5-4-8-12(13)10-14(19-15)11-6-2-1-3-7-11/h1-10,16H. The molecule has 0 bridgehead atoms. The minimum absolute atomic E-state index is 0.156. The number of pyridine rings is 1. The lowest BCUT2D eigenvalue weighted by Gasteiger charge is -2.08. The second kappa shape index (κ2) is 4.76. The largest absolute Gasteiger partial charge is 0.280 e. The van der Waals surface area contributed by atoms with Crippen LogP contribution in [0.5, 0.6) is 0 Å². The summed E-state index contributed by atoms with van der Waals surface area (Å²) in [6, 6.07) is 18.3. The van der Waals surface area contributed by atoms with Crippen LogP contribution in [0.4, 0.5) is 8.78 Å². The molecule has 0 aliphatic heterocycles. The van der Waals surface area contributed by atoms with Gasteiger partial charge in [0.2, 0.25) is 0 Å². The second-order valence-electron chi connectivity index (χ2n) is 4.28. The molecule has 0 spiro atoms. The Morgan fingerprint density at radius 1 is 0.842 bits per heavy atom. The zero-order valence-corrected chi connectivity index (χ0v) is 10.1. The van der Waals surface area contributed by atoms with Crippen LogP contribution in [0.3, 0.4) is 0 Å². The van der Waals surface area contributed by atoms with Crippen LogP contribution in [0.25, 0.3) is 22.0 Å². The first-order chi connectivity index (χ1) is 9.25. The van der Waals surface area contributed by atoms with Gasteiger partial charge in [-0.2, -0.15) is 0 Å². The number of alkyl halides is 2. The monoisotopic (exact) mass is 255 g/mol. The fraction of sp³-hybridized carbons (Fsp3) is 0.0625. The van der Waals surface area contributed by atoms with E-state index in [-0.39, 0.29) is 5.69 Å². The Morgan fingerprint density at radius 3 is 2.26 bits per heavy atom. The molecule has 19 heavy (non-hydrogen) atoms. The highest BCUT2D eigenvalue weighted by Gasteiger charge is 2.15. The number of halogens is 2. The maximum atomic E-state index is 13.1. The van der Waals surface area contributed by atoms with Gasteiger partial charge in [-0.15, -0.1) is 0 Å². The first-order valence-electron chi connectivity index (χ1n) is 5.99. The van der Waals surface area contributed by atoms with Crippen molar-refractivity contribution in [2.24, 2.45) is 0 Å². The van der Waals surface area contributed by atoms with Gasteiger partial charge < -0.3 is 0 Å². The molecule has 0 aliphatic carbocycles. The normalized spacial score (nSPS) is 11.1. The number of hydrogen-bond donors (Lipinski definition) is 0. The zero-order valence-electron chi connectivity index (χ0n) is 10.1. The van der Waals surface area contributed by atoms with Crippen LogP contribution < -0.4 is 0 Å². The van der Waals surface area contributed by atoms with Crippen LogP contribution >= 0.6 is 0 Å². The minimum atomic E-state index is -2.58. The molecule has 94 valence electrons. The van der Waals surface area contributed by atoms with E-state index in [4.69, 9.17) is 0 Å². The zero-order chi connectivity index (χ0) is 13.2. The predicted octanol–water partition coefficient (Wildman–Crippen LogP) is 4.84. The molecule has 0 radical (unpaired) electrons. The van der Waals surface area contributed by atoms with Crippen molar-refractivity contribution in [3.63, 3.8) is 0 Å². The highest BCUT2D eigenvalue weighted by molar-refractivity contribution is 5.88. The van der Waals surface area contributed by atoms with E-state index in [2.05, 4.69) is 4.98 Å². The van der Waals surface area contributed by atoms with Crippen LogP contribution in [0.1, 0.15) is 12.1 Å². The van der Waals surface area contributed by atoms with Crippen molar-refractivity contribution >= 4 is 10.8 Å². The summed E-state index contributed by atoms with van der Waals surface area (Å²) in [5.41, 5.74) is 1.27. The van der Waals surface area contributed by atoms with Crippen molar-refractivity contribution in [2.75, 3.05) is 0 Å². The van der Waals surface area contributed by atoms with E-state index in [0.717, 1.165) is 10.9 Å². The first-order valence-corrected chi connectivity index (χ1v) is 5.99. The molecule has 0 atom stereocenters. The number of hydrogen-bond acceptors (Lipinski definition) is 1. The third-order valence-electron chi connectivity index (χ3n) is 3.05. The SMILES string of the molecule is FC(F)c1nc(-c2ccccc2)cc2ccccc12. The molecule has 1 aromatic heterocycles. The third kappa shape index (κ3) is 2.19. The molecule has 0 N–H and O–H groups in total. The van der Waals surface area contributed by atoms with Crippen molar-refractivity contribution in [1.29, 1.82) is 0 Å². The summed E-state index contributed by atoms with van der Waals surface area (Å²) in [7, 11) is 0. The van der Waals surface area contributed by atoms with Gasteiger partial charge in [0.1, 0.15) is 5.69 Å². The molecule has 3 heteroatoms. The first kappa shape index (κ1) is 11.8. The van der Waals surface area contributed by atoms with Crippen LogP contribution in [0, 0.1) is 0 Å². The van der Waals surface area contributed by atoms with E-state index in [1.165, 1.54) is 0 Å². The minimum Gasteiger partial charge on any atom is -0.246 e. The van der Waals surface area contributed by atoms with E-state index < -0.39 is 6.43 Å².